The molecule has 0 rings (SSSR count). The molecule has 0 spiro atoms. The summed E-state index contributed by atoms with van der Waals surface area (Å²) in [6, 6.07) is 0. The molecular weight excluding hydrogens is 154 g/mol. The Bertz CT molecular complexity index is 107. The van der Waals surface area contributed by atoms with Crippen LogP contribution in [0, 0.1) is 5.92 Å². The summed E-state index contributed by atoms with van der Waals surface area (Å²) in [6.07, 6.45) is 0.365. The second kappa shape index (κ2) is 6.40. The van der Waals surface area contributed by atoms with Gasteiger partial charge in [-0.25, -0.2) is 0 Å². The smallest absolute Gasteiger partial charge is 0.157 e. The van der Waals surface area contributed by atoms with Gasteiger partial charge in [0, 0.05) is 12.5 Å². The molecule has 0 aromatic heterocycles. The van der Waals surface area contributed by atoms with Gasteiger partial charge in [-0.15, -0.1) is 0 Å². The van der Waals surface area contributed by atoms with Crippen LogP contribution in [-0.4, -0.2) is 43.5 Å². The number of hydrogen-bond acceptors (Lipinski definition) is 3. The molecule has 12 heavy (non-hydrogen) atoms. The van der Waals surface area contributed by atoms with E-state index in [0.29, 0.717) is 6.61 Å². The molecule has 3 heteroatoms. The summed E-state index contributed by atoms with van der Waals surface area (Å²) >= 11 is 0. The molecule has 0 amide bonds. The Morgan fingerprint density at radius 2 is 2.00 bits per heavy atom. The van der Waals surface area contributed by atoms with Gasteiger partial charge in [0.15, 0.2) is 6.29 Å². The Morgan fingerprint density at radius 3 is 2.42 bits per heavy atom. The fourth-order valence-electron chi connectivity index (χ4n) is 0.939. The second-order valence-corrected chi connectivity index (χ2v) is 3.42. The first-order chi connectivity index (χ1) is 5.57. The number of ether oxygens (including phenoxy) is 1. The second-order valence-electron chi connectivity index (χ2n) is 3.42. The molecule has 2 atom stereocenters. The Labute approximate surface area is 75.3 Å². The van der Waals surface area contributed by atoms with E-state index < -0.39 is 6.29 Å². The fraction of sp³-hybridized carbons (Fsp3) is 1.00. The minimum absolute atomic E-state index is 0.215. The van der Waals surface area contributed by atoms with Crippen LogP contribution < -0.4 is 0 Å². The van der Waals surface area contributed by atoms with Crippen molar-refractivity contribution in [2.75, 3.05) is 27.2 Å². The molecule has 0 saturated carbocycles. The quantitative estimate of drug-likeness (QED) is 0.610. The van der Waals surface area contributed by atoms with Gasteiger partial charge in [0.2, 0.25) is 0 Å². The van der Waals surface area contributed by atoms with Crippen LogP contribution in [0.15, 0.2) is 0 Å². The third-order valence-electron chi connectivity index (χ3n) is 1.86. The minimum atomic E-state index is -0.602. The van der Waals surface area contributed by atoms with Crippen LogP contribution in [0.1, 0.15) is 20.3 Å². The highest BCUT2D eigenvalue weighted by Gasteiger charge is 2.13. The molecule has 3 nitrogen and oxygen atoms in total. The van der Waals surface area contributed by atoms with Crippen molar-refractivity contribution in [3.63, 3.8) is 0 Å². The van der Waals surface area contributed by atoms with E-state index in [9.17, 15) is 5.11 Å². The molecule has 0 fully saturated rings. The number of nitrogens with zero attached hydrogens (tertiary/aromatic N) is 1. The van der Waals surface area contributed by atoms with Crippen molar-refractivity contribution in [3.05, 3.63) is 0 Å². The van der Waals surface area contributed by atoms with Crippen LogP contribution in [0.5, 0.6) is 0 Å². The largest absolute Gasteiger partial charge is 0.368 e. The maximum absolute atomic E-state index is 9.39. The van der Waals surface area contributed by atoms with Crippen LogP contribution >= 0.6 is 0 Å². The zero-order chi connectivity index (χ0) is 9.56. The van der Waals surface area contributed by atoms with Crippen molar-refractivity contribution in [2.45, 2.75) is 26.6 Å². The van der Waals surface area contributed by atoms with Crippen molar-refractivity contribution >= 4 is 0 Å². The summed E-state index contributed by atoms with van der Waals surface area (Å²) in [5.74, 6) is 0.215. The predicted molar refractivity (Wildman–Crippen MR) is 50.0 cm³/mol. The fourth-order valence-corrected chi connectivity index (χ4v) is 0.939. The maximum Gasteiger partial charge on any atom is 0.157 e. The highest BCUT2D eigenvalue weighted by atomic mass is 16.6. The number of rotatable bonds is 6. The van der Waals surface area contributed by atoms with Crippen molar-refractivity contribution in [1.82, 2.24) is 4.90 Å². The van der Waals surface area contributed by atoms with Crippen molar-refractivity contribution in [3.8, 4) is 0 Å². The third-order valence-corrected chi connectivity index (χ3v) is 1.86. The van der Waals surface area contributed by atoms with Crippen molar-refractivity contribution < 1.29 is 9.84 Å². The van der Waals surface area contributed by atoms with Crippen LogP contribution in [0.25, 0.3) is 0 Å². The zero-order valence-corrected chi connectivity index (χ0v) is 8.58. The van der Waals surface area contributed by atoms with Crippen molar-refractivity contribution in [2.24, 2.45) is 5.92 Å². The molecule has 1 N–H and O–H groups in total. The van der Waals surface area contributed by atoms with Gasteiger partial charge in [0.25, 0.3) is 0 Å². The number of aliphatic hydroxyl groups excluding tert-OH is 1. The lowest BCUT2D eigenvalue weighted by molar-refractivity contribution is -0.128. The van der Waals surface area contributed by atoms with Gasteiger partial charge in [0.1, 0.15) is 0 Å². The van der Waals surface area contributed by atoms with E-state index in [-0.39, 0.29) is 5.92 Å². The van der Waals surface area contributed by atoms with E-state index in [1.54, 1.807) is 0 Å². The molecule has 0 heterocycles. The van der Waals surface area contributed by atoms with Gasteiger partial charge in [-0.1, -0.05) is 6.92 Å². The predicted octanol–water partition coefficient (Wildman–Crippen LogP) is 0.929. The van der Waals surface area contributed by atoms with Crippen LogP contribution in [0.4, 0.5) is 0 Å². The summed E-state index contributed by atoms with van der Waals surface area (Å²) in [4.78, 5) is 2.11. The molecule has 0 radical (unpaired) electrons. The highest BCUT2D eigenvalue weighted by Crippen LogP contribution is 2.09. The van der Waals surface area contributed by atoms with Gasteiger partial charge in [0.05, 0.1) is 0 Å². The molecule has 0 saturated heterocycles. The first kappa shape index (κ1) is 11.9. The van der Waals surface area contributed by atoms with Crippen LogP contribution in [-0.2, 0) is 4.74 Å². The van der Waals surface area contributed by atoms with E-state index in [1.165, 1.54) is 0 Å². The van der Waals surface area contributed by atoms with E-state index in [1.807, 2.05) is 27.9 Å². The molecular formula is C9H21NO2. The Balaban J connectivity index is 3.49. The van der Waals surface area contributed by atoms with E-state index in [0.717, 1.165) is 13.0 Å². The monoisotopic (exact) mass is 175 g/mol. The third kappa shape index (κ3) is 5.52. The molecule has 0 aromatic carbocycles. The zero-order valence-electron chi connectivity index (χ0n) is 8.58. The summed E-state index contributed by atoms with van der Waals surface area (Å²) in [6.45, 7) is 5.46. The molecule has 0 bridgehead atoms. The van der Waals surface area contributed by atoms with Gasteiger partial charge in [-0.2, -0.15) is 0 Å². The van der Waals surface area contributed by atoms with Gasteiger partial charge in [-0.05, 0) is 34.0 Å². The van der Waals surface area contributed by atoms with E-state index in [4.69, 9.17) is 4.74 Å². The standard InChI is InChI=1S/C9H21NO2/c1-5-12-9(11)8(2)6-7-10(3)4/h8-9,11H,5-7H2,1-4H3. The Morgan fingerprint density at radius 1 is 1.42 bits per heavy atom. The first-order valence-electron chi connectivity index (χ1n) is 4.52. The maximum atomic E-state index is 9.39. The molecule has 74 valence electrons. The lowest BCUT2D eigenvalue weighted by atomic mass is 10.1. The summed E-state index contributed by atoms with van der Waals surface area (Å²) in [5, 5.41) is 9.39. The van der Waals surface area contributed by atoms with Crippen molar-refractivity contribution in [1.29, 1.82) is 0 Å². The number of hydrogen-bond donors (Lipinski definition) is 1. The highest BCUT2D eigenvalue weighted by molar-refractivity contribution is 4.57. The molecule has 0 aliphatic heterocycles. The molecule has 0 aliphatic carbocycles. The van der Waals surface area contributed by atoms with Gasteiger partial charge >= 0.3 is 0 Å². The summed E-state index contributed by atoms with van der Waals surface area (Å²) in [7, 11) is 4.06. The first-order valence-corrected chi connectivity index (χ1v) is 4.52. The van der Waals surface area contributed by atoms with E-state index in [2.05, 4.69) is 4.90 Å². The lowest BCUT2D eigenvalue weighted by Crippen LogP contribution is -2.25. The molecule has 0 aromatic rings. The molecule has 2 unspecified atom stereocenters. The van der Waals surface area contributed by atoms with Crippen LogP contribution in [0.2, 0.25) is 0 Å². The normalized spacial score (nSPS) is 16.5. The molecule has 0 aliphatic rings. The Hall–Kier alpha value is -0.120. The van der Waals surface area contributed by atoms with Gasteiger partial charge in [-0.3, -0.25) is 0 Å². The average molecular weight is 175 g/mol. The minimum Gasteiger partial charge on any atom is -0.368 e. The van der Waals surface area contributed by atoms with Gasteiger partial charge < -0.3 is 14.7 Å². The topological polar surface area (TPSA) is 32.7 Å². The lowest BCUT2D eigenvalue weighted by Gasteiger charge is -2.20. The Kier molecular flexibility index (Phi) is 6.34. The van der Waals surface area contributed by atoms with E-state index >= 15 is 0 Å². The summed E-state index contributed by atoms with van der Waals surface area (Å²) in [5.41, 5.74) is 0. The average Bonchev–Trinajstić information content (AvgIpc) is 2.00. The summed E-state index contributed by atoms with van der Waals surface area (Å²) < 4.78 is 5.07. The number of aliphatic hydroxyl groups is 1. The van der Waals surface area contributed by atoms with Crippen LogP contribution in [0.3, 0.4) is 0 Å². The SMILES string of the molecule is CCOC(O)C(C)CCN(C)C.